The van der Waals surface area contributed by atoms with Crippen LogP contribution in [0.2, 0.25) is 0 Å². The van der Waals surface area contributed by atoms with Crippen molar-refractivity contribution >= 4 is 17.7 Å². The Morgan fingerprint density at radius 2 is 1.94 bits per heavy atom. The predicted octanol–water partition coefficient (Wildman–Crippen LogP) is 4.30. The van der Waals surface area contributed by atoms with E-state index in [1.165, 1.54) is 17.3 Å². The summed E-state index contributed by atoms with van der Waals surface area (Å²) in [5.74, 6) is 2.27. The van der Waals surface area contributed by atoms with Gasteiger partial charge in [-0.15, -0.1) is 10.2 Å². The highest BCUT2D eigenvalue weighted by Crippen LogP contribution is 2.34. The monoisotopic (exact) mass is 452 g/mol. The zero-order valence-electron chi connectivity index (χ0n) is 18.7. The van der Waals surface area contributed by atoms with E-state index >= 15 is 0 Å². The zero-order valence-corrected chi connectivity index (χ0v) is 19.5. The van der Waals surface area contributed by atoms with E-state index in [4.69, 9.17) is 9.47 Å². The highest BCUT2D eigenvalue weighted by atomic mass is 32.2. The Bertz CT molecular complexity index is 1070. The van der Waals surface area contributed by atoms with Gasteiger partial charge in [0, 0.05) is 24.3 Å². The third-order valence-corrected chi connectivity index (χ3v) is 6.35. The van der Waals surface area contributed by atoms with Crippen molar-refractivity contribution in [3.63, 3.8) is 0 Å². The fourth-order valence-corrected chi connectivity index (χ4v) is 4.41. The van der Waals surface area contributed by atoms with E-state index in [-0.39, 0.29) is 11.7 Å². The number of benzene rings is 2. The first kappa shape index (κ1) is 22.2. The number of aromatic nitrogens is 3. The lowest BCUT2D eigenvalue weighted by Crippen LogP contribution is -2.32. The van der Waals surface area contributed by atoms with Crippen molar-refractivity contribution in [2.45, 2.75) is 38.4 Å². The molecule has 3 aromatic rings. The molecule has 4 rings (SSSR count). The van der Waals surface area contributed by atoms with Gasteiger partial charge in [0.2, 0.25) is 5.91 Å². The number of ether oxygens (including phenoxy) is 2. The quantitative estimate of drug-likeness (QED) is 0.475. The van der Waals surface area contributed by atoms with Gasteiger partial charge in [-0.3, -0.25) is 9.36 Å². The van der Waals surface area contributed by atoms with Gasteiger partial charge in [0.1, 0.15) is 19.5 Å². The van der Waals surface area contributed by atoms with Crippen LogP contribution in [0, 0.1) is 0 Å². The number of amides is 1. The van der Waals surface area contributed by atoms with Crippen LogP contribution in [0.3, 0.4) is 0 Å². The van der Waals surface area contributed by atoms with E-state index in [0.29, 0.717) is 37.4 Å². The maximum absolute atomic E-state index is 13.0. The van der Waals surface area contributed by atoms with Crippen molar-refractivity contribution in [2.75, 3.05) is 25.5 Å². The van der Waals surface area contributed by atoms with E-state index < -0.39 is 0 Å². The number of carbonyl (C=O) groups is 1. The number of hydrogen-bond donors (Lipinski definition) is 0. The first-order chi connectivity index (χ1) is 15.6. The van der Waals surface area contributed by atoms with Gasteiger partial charge in [-0.1, -0.05) is 49.9 Å². The van der Waals surface area contributed by atoms with Crippen LogP contribution < -0.4 is 9.47 Å². The Balaban J connectivity index is 1.42. The lowest BCUT2D eigenvalue weighted by Gasteiger charge is -2.25. The topological polar surface area (TPSA) is 69.5 Å². The number of thioether (sulfide) groups is 1. The van der Waals surface area contributed by atoms with Crippen molar-refractivity contribution < 1.29 is 14.3 Å². The Labute approximate surface area is 192 Å². The Morgan fingerprint density at radius 1 is 1.16 bits per heavy atom. The van der Waals surface area contributed by atoms with E-state index in [1.807, 2.05) is 34.6 Å². The Morgan fingerprint density at radius 3 is 2.69 bits per heavy atom. The molecule has 0 fully saturated rings. The normalized spacial score (nSPS) is 12.8. The molecule has 2 aromatic carbocycles. The first-order valence-electron chi connectivity index (χ1n) is 10.8. The number of nitrogens with zero attached hydrogens (tertiary/aromatic N) is 4. The third-order valence-electron chi connectivity index (χ3n) is 5.42. The second kappa shape index (κ2) is 10.1. The molecule has 1 amide bonds. The van der Waals surface area contributed by atoms with Crippen molar-refractivity contribution in [1.29, 1.82) is 0 Å². The molecule has 0 bridgehead atoms. The highest BCUT2D eigenvalue weighted by molar-refractivity contribution is 7.99. The largest absolute Gasteiger partial charge is 0.486 e. The SMILES string of the molecule is CCN(Cc1cccc2c1OCCO2)C(=O)CSc1nncn1-c1ccc(C(C)C)cc1. The molecule has 0 radical (unpaired) electrons. The van der Waals surface area contributed by atoms with Gasteiger partial charge in [-0.2, -0.15) is 0 Å². The molecule has 168 valence electrons. The van der Waals surface area contributed by atoms with Crippen molar-refractivity contribution in [3.05, 3.63) is 59.9 Å². The molecule has 0 unspecified atom stereocenters. The molecular formula is C24H28N4O3S. The van der Waals surface area contributed by atoms with E-state index in [9.17, 15) is 4.79 Å². The minimum Gasteiger partial charge on any atom is -0.486 e. The van der Waals surface area contributed by atoms with E-state index in [1.54, 1.807) is 6.33 Å². The number of rotatable bonds is 8. The van der Waals surface area contributed by atoms with Crippen LogP contribution in [0.5, 0.6) is 11.5 Å². The fraction of sp³-hybridized carbons (Fsp3) is 0.375. The van der Waals surface area contributed by atoms with E-state index in [2.05, 4.69) is 48.3 Å². The fourth-order valence-electron chi connectivity index (χ4n) is 3.58. The molecule has 7 nitrogen and oxygen atoms in total. The molecule has 0 atom stereocenters. The smallest absolute Gasteiger partial charge is 0.233 e. The minimum absolute atomic E-state index is 0.0385. The summed E-state index contributed by atoms with van der Waals surface area (Å²) in [5, 5.41) is 8.96. The van der Waals surface area contributed by atoms with Gasteiger partial charge in [0.25, 0.3) is 0 Å². The van der Waals surface area contributed by atoms with Crippen LogP contribution in [0.15, 0.2) is 53.9 Å². The lowest BCUT2D eigenvalue weighted by molar-refractivity contribution is -0.128. The maximum atomic E-state index is 13.0. The number of fused-ring (bicyclic) bond motifs is 1. The molecular weight excluding hydrogens is 424 g/mol. The van der Waals surface area contributed by atoms with Gasteiger partial charge < -0.3 is 14.4 Å². The van der Waals surface area contributed by atoms with Crippen LogP contribution in [0.25, 0.3) is 5.69 Å². The molecule has 0 spiro atoms. The summed E-state index contributed by atoms with van der Waals surface area (Å²) in [5.41, 5.74) is 3.22. The summed E-state index contributed by atoms with van der Waals surface area (Å²) < 4.78 is 13.4. The second-order valence-corrected chi connectivity index (χ2v) is 8.81. The lowest BCUT2D eigenvalue weighted by atomic mass is 10.0. The van der Waals surface area contributed by atoms with Gasteiger partial charge in [0.15, 0.2) is 16.7 Å². The molecule has 32 heavy (non-hydrogen) atoms. The van der Waals surface area contributed by atoms with Crippen LogP contribution in [-0.4, -0.2) is 51.1 Å². The summed E-state index contributed by atoms with van der Waals surface area (Å²) in [4.78, 5) is 14.8. The standard InChI is InChI=1S/C24H28N4O3S/c1-4-27(14-19-6-5-7-21-23(19)31-13-12-30-21)22(29)15-32-24-26-25-16-28(24)20-10-8-18(9-11-20)17(2)3/h5-11,16-17H,4,12-15H2,1-3H3. The average molecular weight is 453 g/mol. The van der Waals surface area contributed by atoms with Gasteiger partial charge >= 0.3 is 0 Å². The molecule has 8 heteroatoms. The number of carbonyl (C=O) groups excluding carboxylic acids is 1. The molecule has 0 N–H and O–H groups in total. The van der Waals surface area contributed by atoms with Crippen LogP contribution in [-0.2, 0) is 11.3 Å². The Hall–Kier alpha value is -3.00. The van der Waals surface area contributed by atoms with Gasteiger partial charge in [-0.05, 0) is 36.6 Å². The Kier molecular flexibility index (Phi) is 6.99. The summed E-state index contributed by atoms with van der Waals surface area (Å²) >= 11 is 1.39. The summed E-state index contributed by atoms with van der Waals surface area (Å²) in [6.45, 7) is 8.47. The molecule has 0 saturated heterocycles. The number of para-hydroxylation sites is 1. The zero-order chi connectivity index (χ0) is 22.5. The number of hydrogen-bond acceptors (Lipinski definition) is 6. The molecule has 1 aliphatic rings. The molecule has 0 aliphatic carbocycles. The first-order valence-corrected chi connectivity index (χ1v) is 11.8. The van der Waals surface area contributed by atoms with Gasteiger partial charge in [0.05, 0.1) is 5.75 Å². The molecule has 0 saturated carbocycles. The van der Waals surface area contributed by atoms with E-state index in [0.717, 1.165) is 22.7 Å². The molecule has 1 aromatic heterocycles. The van der Waals surface area contributed by atoms with Crippen molar-refractivity contribution in [1.82, 2.24) is 19.7 Å². The van der Waals surface area contributed by atoms with Gasteiger partial charge in [-0.25, -0.2) is 0 Å². The highest BCUT2D eigenvalue weighted by Gasteiger charge is 2.20. The maximum Gasteiger partial charge on any atom is 0.233 e. The molecule has 1 aliphatic heterocycles. The average Bonchev–Trinajstić information content (AvgIpc) is 3.29. The van der Waals surface area contributed by atoms with Crippen LogP contribution >= 0.6 is 11.8 Å². The van der Waals surface area contributed by atoms with Crippen molar-refractivity contribution in [2.24, 2.45) is 0 Å². The molecule has 2 heterocycles. The summed E-state index contributed by atoms with van der Waals surface area (Å²) in [7, 11) is 0. The summed E-state index contributed by atoms with van der Waals surface area (Å²) in [6, 6.07) is 14.2. The third kappa shape index (κ3) is 4.91. The van der Waals surface area contributed by atoms with Crippen LogP contribution in [0.4, 0.5) is 0 Å². The summed E-state index contributed by atoms with van der Waals surface area (Å²) in [6.07, 6.45) is 1.68. The van der Waals surface area contributed by atoms with Crippen molar-refractivity contribution in [3.8, 4) is 17.2 Å². The minimum atomic E-state index is 0.0385. The predicted molar refractivity (Wildman–Crippen MR) is 125 cm³/mol. The second-order valence-electron chi connectivity index (χ2n) is 7.87. The van der Waals surface area contributed by atoms with Crippen LogP contribution in [0.1, 0.15) is 37.8 Å².